The molecule has 9 heteroatoms. The van der Waals surface area contributed by atoms with E-state index in [4.69, 9.17) is 37.8 Å². The largest absolute Gasteiger partial charge is 0.482 e. The van der Waals surface area contributed by atoms with Gasteiger partial charge in [0.05, 0.1) is 15.6 Å². The third kappa shape index (κ3) is 4.69. The molecule has 0 aliphatic carbocycles. The van der Waals surface area contributed by atoms with Crippen molar-refractivity contribution in [2.45, 2.75) is 6.18 Å². The van der Waals surface area contributed by atoms with Crippen LogP contribution in [0.15, 0.2) is 36.4 Å². The molecule has 0 amide bonds. The van der Waals surface area contributed by atoms with Crippen LogP contribution in [0.3, 0.4) is 0 Å². The van der Waals surface area contributed by atoms with E-state index < -0.39 is 24.3 Å². The van der Waals surface area contributed by atoms with E-state index in [1.54, 1.807) is 0 Å². The topological polar surface area (TPSA) is 55.8 Å². The van der Waals surface area contributed by atoms with Gasteiger partial charge in [0.15, 0.2) is 12.4 Å². The summed E-state index contributed by atoms with van der Waals surface area (Å²) in [7, 11) is 0. The minimum Gasteiger partial charge on any atom is -0.482 e. The lowest BCUT2D eigenvalue weighted by atomic mass is 10.2. The zero-order valence-electron chi connectivity index (χ0n) is 11.7. The molecule has 24 heavy (non-hydrogen) atoms. The molecule has 0 saturated heterocycles. The average Bonchev–Trinajstić information content (AvgIpc) is 2.48. The Hall–Kier alpha value is -2.12. The first-order valence-corrected chi connectivity index (χ1v) is 7.11. The van der Waals surface area contributed by atoms with Crippen LogP contribution < -0.4 is 9.47 Å². The van der Waals surface area contributed by atoms with E-state index in [2.05, 4.69) is 0 Å². The number of aliphatic carboxylic acids is 1. The van der Waals surface area contributed by atoms with Crippen molar-refractivity contribution in [2.75, 3.05) is 6.61 Å². The highest BCUT2D eigenvalue weighted by atomic mass is 35.5. The van der Waals surface area contributed by atoms with E-state index in [0.29, 0.717) is 12.1 Å². The molecule has 0 aliphatic heterocycles. The summed E-state index contributed by atoms with van der Waals surface area (Å²) in [5, 5.41) is 7.93. The fraction of sp³-hybridized carbons (Fsp3) is 0.133. The molecular formula is C15H9Cl2F3O4. The molecule has 0 aliphatic rings. The van der Waals surface area contributed by atoms with Crippen LogP contribution in [-0.4, -0.2) is 17.7 Å². The Kier molecular flexibility index (Phi) is 5.46. The molecule has 1 N–H and O–H groups in total. The van der Waals surface area contributed by atoms with Crippen molar-refractivity contribution in [3.8, 4) is 17.2 Å². The highest BCUT2D eigenvalue weighted by Crippen LogP contribution is 2.41. The average molecular weight is 381 g/mol. The molecule has 128 valence electrons. The normalized spacial score (nSPS) is 11.2. The smallest absolute Gasteiger partial charge is 0.416 e. The SMILES string of the molecule is O=C(O)COc1cccc(Oc2c(Cl)cc(C(F)(F)F)cc2Cl)c1. The maximum atomic E-state index is 12.7. The Labute approximate surface area is 144 Å². The molecule has 2 aromatic rings. The first-order chi connectivity index (χ1) is 11.2. The number of rotatable bonds is 5. The van der Waals surface area contributed by atoms with E-state index in [1.165, 1.54) is 24.3 Å². The molecule has 0 saturated carbocycles. The minimum absolute atomic E-state index is 0.151. The molecule has 0 spiro atoms. The van der Waals surface area contributed by atoms with Gasteiger partial charge in [-0.3, -0.25) is 0 Å². The summed E-state index contributed by atoms with van der Waals surface area (Å²) in [6, 6.07) is 7.25. The zero-order valence-corrected chi connectivity index (χ0v) is 13.2. The fourth-order valence-electron chi connectivity index (χ4n) is 1.71. The van der Waals surface area contributed by atoms with Crippen LogP contribution in [0.2, 0.25) is 10.0 Å². The van der Waals surface area contributed by atoms with Crippen LogP contribution in [0.5, 0.6) is 17.2 Å². The van der Waals surface area contributed by atoms with Crippen molar-refractivity contribution >= 4 is 29.2 Å². The Morgan fingerprint density at radius 2 is 1.67 bits per heavy atom. The first-order valence-electron chi connectivity index (χ1n) is 6.35. The second-order valence-electron chi connectivity index (χ2n) is 4.53. The summed E-state index contributed by atoms with van der Waals surface area (Å²) in [6.45, 7) is -0.550. The predicted molar refractivity (Wildman–Crippen MR) is 81.1 cm³/mol. The summed E-state index contributed by atoms with van der Waals surface area (Å²) in [5.74, 6) is -0.938. The summed E-state index contributed by atoms with van der Waals surface area (Å²) in [4.78, 5) is 10.5. The van der Waals surface area contributed by atoms with Gasteiger partial charge in [-0.05, 0) is 24.3 Å². The van der Waals surface area contributed by atoms with Gasteiger partial charge in [0.1, 0.15) is 11.5 Å². The molecule has 2 rings (SSSR count). The molecule has 2 aromatic carbocycles. The highest BCUT2D eigenvalue weighted by molar-refractivity contribution is 6.37. The molecule has 0 radical (unpaired) electrons. The van der Waals surface area contributed by atoms with Crippen LogP contribution in [0, 0.1) is 0 Å². The highest BCUT2D eigenvalue weighted by Gasteiger charge is 2.32. The first kappa shape index (κ1) is 18.2. The summed E-state index contributed by atoms with van der Waals surface area (Å²) >= 11 is 11.6. The van der Waals surface area contributed by atoms with Gasteiger partial charge in [-0.2, -0.15) is 13.2 Å². The molecular weight excluding hydrogens is 372 g/mol. The quantitative estimate of drug-likeness (QED) is 0.767. The van der Waals surface area contributed by atoms with Gasteiger partial charge in [0, 0.05) is 6.07 Å². The summed E-state index contributed by atoms with van der Waals surface area (Å²) in [6.07, 6.45) is -4.59. The Bertz CT molecular complexity index is 740. The van der Waals surface area contributed by atoms with Crippen molar-refractivity contribution < 1.29 is 32.5 Å². The van der Waals surface area contributed by atoms with Gasteiger partial charge in [-0.25, -0.2) is 4.79 Å². The summed E-state index contributed by atoms with van der Waals surface area (Å²) < 4.78 is 48.4. The van der Waals surface area contributed by atoms with Crippen molar-refractivity contribution in [2.24, 2.45) is 0 Å². The Balaban J connectivity index is 2.25. The van der Waals surface area contributed by atoms with Crippen molar-refractivity contribution in [3.63, 3.8) is 0 Å². The van der Waals surface area contributed by atoms with Gasteiger partial charge in [-0.1, -0.05) is 29.3 Å². The molecule has 0 aromatic heterocycles. The summed E-state index contributed by atoms with van der Waals surface area (Å²) in [5.41, 5.74) is -0.997. The van der Waals surface area contributed by atoms with Crippen molar-refractivity contribution in [3.05, 3.63) is 52.0 Å². The van der Waals surface area contributed by atoms with Crippen LogP contribution in [-0.2, 0) is 11.0 Å². The number of benzene rings is 2. The molecule has 0 heterocycles. The van der Waals surface area contributed by atoms with Gasteiger partial charge in [-0.15, -0.1) is 0 Å². The van der Waals surface area contributed by atoms with E-state index in [9.17, 15) is 18.0 Å². The van der Waals surface area contributed by atoms with Crippen molar-refractivity contribution in [1.82, 2.24) is 0 Å². The minimum atomic E-state index is -4.59. The lowest BCUT2D eigenvalue weighted by Crippen LogP contribution is -2.09. The van der Waals surface area contributed by atoms with Gasteiger partial charge in [0.25, 0.3) is 0 Å². The molecule has 0 bridgehead atoms. The Morgan fingerprint density at radius 1 is 1.08 bits per heavy atom. The number of halogens is 5. The van der Waals surface area contributed by atoms with Crippen LogP contribution in [0.25, 0.3) is 0 Å². The fourth-order valence-corrected chi connectivity index (χ4v) is 2.28. The van der Waals surface area contributed by atoms with E-state index in [-0.39, 0.29) is 27.3 Å². The number of hydrogen-bond acceptors (Lipinski definition) is 3. The van der Waals surface area contributed by atoms with Crippen molar-refractivity contribution in [1.29, 1.82) is 0 Å². The maximum absolute atomic E-state index is 12.7. The van der Waals surface area contributed by atoms with Gasteiger partial charge >= 0.3 is 12.1 Å². The third-order valence-electron chi connectivity index (χ3n) is 2.71. The molecule has 0 atom stereocenters. The van der Waals surface area contributed by atoms with Crippen LogP contribution in [0.4, 0.5) is 13.2 Å². The Morgan fingerprint density at radius 3 is 2.21 bits per heavy atom. The number of carboxylic acid groups (broad SMARTS) is 1. The zero-order chi connectivity index (χ0) is 17.9. The number of ether oxygens (including phenoxy) is 2. The maximum Gasteiger partial charge on any atom is 0.416 e. The lowest BCUT2D eigenvalue weighted by molar-refractivity contribution is -0.139. The van der Waals surface area contributed by atoms with Gasteiger partial charge in [0.2, 0.25) is 0 Å². The monoisotopic (exact) mass is 380 g/mol. The predicted octanol–water partition coefficient (Wildman–Crippen LogP) is 5.27. The molecule has 4 nitrogen and oxygen atoms in total. The van der Waals surface area contributed by atoms with Crippen LogP contribution >= 0.6 is 23.2 Å². The number of hydrogen-bond donors (Lipinski definition) is 1. The van der Waals surface area contributed by atoms with Gasteiger partial charge < -0.3 is 14.6 Å². The number of carbonyl (C=O) groups is 1. The second kappa shape index (κ2) is 7.19. The van der Waals surface area contributed by atoms with E-state index in [0.717, 1.165) is 0 Å². The number of carboxylic acids is 1. The lowest BCUT2D eigenvalue weighted by Gasteiger charge is -2.13. The third-order valence-corrected chi connectivity index (χ3v) is 3.27. The van der Waals surface area contributed by atoms with Crippen LogP contribution in [0.1, 0.15) is 5.56 Å². The second-order valence-corrected chi connectivity index (χ2v) is 5.34. The van der Waals surface area contributed by atoms with E-state index >= 15 is 0 Å². The van der Waals surface area contributed by atoms with E-state index in [1.807, 2.05) is 0 Å². The molecule has 0 unspecified atom stereocenters. The number of alkyl halides is 3. The molecule has 0 fully saturated rings. The standard InChI is InChI=1S/C15H9Cl2F3O4/c16-11-4-8(15(18,19)20)5-12(17)14(11)24-10-3-1-2-9(6-10)23-7-13(21)22/h1-6H,7H2,(H,21,22).